The summed E-state index contributed by atoms with van der Waals surface area (Å²) in [5.41, 5.74) is 1.85. The van der Waals surface area contributed by atoms with Crippen molar-refractivity contribution in [3.8, 4) is 16.9 Å². The zero-order valence-corrected chi connectivity index (χ0v) is 12.0. The molecule has 0 saturated carbocycles. The van der Waals surface area contributed by atoms with Crippen LogP contribution in [0, 0.1) is 0 Å². The minimum absolute atomic E-state index is 0.0308. The monoisotopic (exact) mass is 310 g/mol. The Morgan fingerprint density at radius 1 is 1.05 bits per heavy atom. The SMILES string of the molecule is O=C(O)CCOc1cccc(-c2ccc(Cl)c(Cl)c2)c1. The van der Waals surface area contributed by atoms with Crippen molar-refractivity contribution >= 4 is 29.2 Å². The maximum atomic E-state index is 10.4. The number of hydrogen-bond acceptors (Lipinski definition) is 2. The molecule has 0 radical (unpaired) electrons. The summed E-state index contributed by atoms with van der Waals surface area (Å²) in [6.07, 6.45) is -0.0308. The molecule has 0 saturated heterocycles. The molecule has 1 N–H and O–H groups in total. The van der Waals surface area contributed by atoms with Crippen LogP contribution in [-0.2, 0) is 4.79 Å². The van der Waals surface area contributed by atoms with Crippen molar-refractivity contribution in [3.63, 3.8) is 0 Å². The number of ether oxygens (including phenoxy) is 1. The Hall–Kier alpha value is -1.71. The first-order valence-electron chi connectivity index (χ1n) is 5.96. The smallest absolute Gasteiger partial charge is 0.306 e. The van der Waals surface area contributed by atoms with Gasteiger partial charge < -0.3 is 9.84 Å². The molecule has 5 heteroatoms. The maximum absolute atomic E-state index is 10.4. The van der Waals surface area contributed by atoms with Gasteiger partial charge in [0.05, 0.1) is 23.1 Å². The van der Waals surface area contributed by atoms with Gasteiger partial charge in [-0.3, -0.25) is 4.79 Å². The number of halogens is 2. The molecule has 0 fully saturated rings. The number of carbonyl (C=O) groups is 1. The predicted molar refractivity (Wildman–Crippen MR) is 79.6 cm³/mol. The fourth-order valence-corrected chi connectivity index (χ4v) is 2.00. The van der Waals surface area contributed by atoms with E-state index in [4.69, 9.17) is 33.0 Å². The van der Waals surface area contributed by atoms with Crippen molar-refractivity contribution in [1.82, 2.24) is 0 Å². The minimum atomic E-state index is -0.884. The predicted octanol–water partition coefficient (Wildman–Crippen LogP) is 4.51. The summed E-state index contributed by atoms with van der Waals surface area (Å²) in [4.78, 5) is 10.4. The van der Waals surface area contributed by atoms with Crippen LogP contribution in [0.2, 0.25) is 10.0 Å². The van der Waals surface area contributed by atoms with E-state index in [-0.39, 0.29) is 13.0 Å². The highest BCUT2D eigenvalue weighted by molar-refractivity contribution is 6.42. The quantitative estimate of drug-likeness (QED) is 0.883. The molecule has 0 aliphatic carbocycles. The third-order valence-corrected chi connectivity index (χ3v) is 3.41. The van der Waals surface area contributed by atoms with Gasteiger partial charge in [-0.1, -0.05) is 41.4 Å². The van der Waals surface area contributed by atoms with Crippen molar-refractivity contribution in [2.45, 2.75) is 6.42 Å². The molecule has 0 unspecified atom stereocenters. The third kappa shape index (κ3) is 3.89. The van der Waals surface area contributed by atoms with Crippen molar-refractivity contribution < 1.29 is 14.6 Å². The molecule has 0 heterocycles. The summed E-state index contributed by atoms with van der Waals surface area (Å²) >= 11 is 11.9. The van der Waals surface area contributed by atoms with Crippen molar-refractivity contribution in [2.24, 2.45) is 0 Å². The molecule has 104 valence electrons. The van der Waals surface area contributed by atoms with Gasteiger partial charge in [-0.15, -0.1) is 0 Å². The number of carboxylic acid groups (broad SMARTS) is 1. The van der Waals surface area contributed by atoms with Gasteiger partial charge in [0.1, 0.15) is 5.75 Å². The molecule has 3 nitrogen and oxygen atoms in total. The van der Waals surface area contributed by atoms with Crippen molar-refractivity contribution in [2.75, 3.05) is 6.61 Å². The molecular weight excluding hydrogens is 299 g/mol. The molecule has 0 aromatic heterocycles. The van der Waals surface area contributed by atoms with E-state index in [0.29, 0.717) is 15.8 Å². The van der Waals surface area contributed by atoms with Crippen molar-refractivity contribution in [3.05, 3.63) is 52.5 Å². The molecule has 0 aliphatic rings. The van der Waals surface area contributed by atoms with Crippen LogP contribution in [0.5, 0.6) is 5.75 Å². The molecule has 0 atom stereocenters. The number of carboxylic acids is 1. The van der Waals surface area contributed by atoms with Gasteiger partial charge in [0.25, 0.3) is 0 Å². The summed E-state index contributed by atoms with van der Waals surface area (Å²) in [6, 6.07) is 12.8. The molecule has 2 aromatic carbocycles. The molecule has 0 amide bonds. The second kappa shape index (κ2) is 6.64. The lowest BCUT2D eigenvalue weighted by Gasteiger charge is -2.08. The summed E-state index contributed by atoms with van der Waals surface area (Å²) < 4.78 is 5.39. The van der Waals surface area contributed by atoms with E-state index in [9.17, 15) is 4.79 Å². The summed E-state index contributed by atoms with van der Waals surface area (Å²) in [7, 11) is 0. The number of benzene rings is 2. The Morgan fingerprint density at radius 2 is 1.80 bits per heavy atom. The average Bonchev–Trinajstić information content (AvgIpc) is 2.42. The van der Waals surface area contributed by atoms with Gasteiger partial charge in [0.2, 0.25) is 0 Å². The zero-order valence-electron chi connectivity index (χ0n) is 10.5. The Balaban J connectivity index is 2.16. The largest absolute Gasteiger partial charge is 0.493 e. The molecule has 0 spiro atoms. The van der Waals surface area contributed by atoms with Gasteiger partial charge in [0, 0.05) is 0 Å². The van der Waals surface area contributed by atoms with Gasteiger partial charge in [0.15, 0.2) is 0 Å². The third-order valence-electron chi connectivity index (χ3n) is 2.67. The van der Waals surface area contributed by atoms with E-state index in [0.717, 1.165) is 11.1 Å². The van der Waals surface area contributed by atoms with E-state index in [1.165, 1.54) is 0 Å². The van der Waals surface area contributed by atoms with Gasteiger partial charge in [-0.05, 0) is 35.4 Å². The lowest BCUT2D eigenvalue weighted by molar-refractivity contribution is -0.137. The molecule has 20 heavy (non-hydrogen) atoms. The summed E-state index contributed by atoms with van der Waals surface area (Å²) in [5, 5.41) is 9.56. The molecule has 2 rings (SSSR count). The normalized spacial score (nSPS) is 10.3. The second-order valence-corrected chi connectivity index (χ2v) is 4.96. The van der Waals surface area contributed by atoms with Crippen molar-refractivity contribution in [1.29, 1.82) is 0 Å². The van der Waals surface area contributed by atoms with E-state index in [1.807, 2.05) is 24.3 Å². The van der Waals surface area contributed by atoms with Crippen LogP contribution in [0.3, 0.4) is 0 Å². The highest BCUT2D eigenvalue weighted by Gasteiger charge is 2.04. The maximum Gasteiger partial charge on any atom is 0.306 e. The van der Waals surface area contributed by atoms with Gasteiger partial charge in [-0.2, -0.15) is 0 Å². The highest BCUT2D eigenvalue weighted by atomic mass is 35.5. The fourth-order valence-electron chi connectivity index (χ4n) is 1.70. The Bertz CT molecular complexity index is 626. The average molecular weight is 311 g/mol. The summed E-state index contributed by atoms with van der Waals surface area (Å²) in [6.45, 7) is 0.139. The number of aliphatic carboxylic acids is 1. The lowest BCUT2D eigenvalue weighted by Crippen LogP contribution is -2.04. The van der Waals surface area contributed by atoms with Crippen LogP contribution in [0.25, 0.3) is 11.1 Å². The molecular formula is C15H12Cl2O3. The first kappa shape index (κ1) is 14.7. The van der Waals surface area contributed by atoms with E-state index in [1.54, 1.807) is 18.2 Å². The van der Waals surface area contributed by atoms with E-state index >= 15 is 0 Å². The van der Waals surface area contributed by atoms with Gasteiger partial charge >= 0.3 is 5.97 Å². The Labute approximate surface area is 126 Å². The molecule has 0 bridgehead atoms. The second-order valence-electron chi connectivity index (χ2n) is 4.15. The van der Waals surface area contributed by atoms with E-state index in [2.05, 4.69) is 0 Å². The van der Waals surface area contributed by atoms with Crippen LogP contribution < -0.4 is 4.74 Å². The standard InChI is InChI=1S/C15H12Cl2O3/c16-13-5-4-11(9-14(13)17)10-2-1-3-12(8-10)20-7-6-15(18)19/h1-5,8-9H,6-7H2,(H,18,19). The highest BCUT2D eigenvalue weighted by Crippen LogP contribution is 2.30. The molecule has 0 aliphatic heterocycles. The Morgan fingerprint density at radius 3 is 2.50 bits per heavy atom. The van der Waals surface area contributed by atoms with Crippen LogP contribution in [-0.4, -0.2) is 17.7 Å². The minimum Gasteiger partial charge on any atom is -0.493 e. The Kier molecular flexibility index (Phi) is 4.88. The van der Waals surface area contributed by atoms with Crippen LogP contribution >= 0.6 is 23.2 Å². The topological polar surface area (TPSA) is 46.5 Å². The van der Waals surface area contributed by atoms with Gasteiger partial charge in [-0.25, -0.2) is 0 Å². The lowest BCUT2D eigenvalue weighted by atomic mass is 10.1. The zero-order chi connectivity index (χ0) is 14.5. The fraction of sp³-hybridized carbons (Fsp3) is 0.133. The number of hydrogen-bond donors (Lipinski definition) is 1. The first-order valence-corrected chi connectivity index (χ1v) is 6.72. The number of rotatable bonds is 5. The van der Waals surface area contributed by atoms with Crippen LogP contribution in [0.1, 0.15) is 6.42 Å². The van der Waals surface area contributed by atoms with E-state index < -0.39 is 5.97 Å². The summed E-state index contributed by atoms with van der Waals surface area (Å²) in [5.74, 6) is -0.263. The van der Waals surface area contributed by atoms with Crippen LogP contribution in [0.15, 0.2) is 42.5 Å². The first-order chi connectivity index (χ1) is 9.56. The van der Waals surface area contributed by atoms with Crippen LogP contribution in [0.4, 0.5) is 0 Å². The molecule has 2 aromatic rings.